The highest BCUT2D eigenvalue weighted by Gasteiger charge is 2.14. The van der Waals surface area contributed by atoms with E-state index in [0.29, 0.717) is 29.6 Å². The van der Waals surface area contributed by atoms with Crippen molar-refractivity contribution >= 4 is 11.9 Å². The van der Waals surface area contributed by atoms with Gasteiger partial charge in [0.2, 0.25) is 5.91 Å². The normalized spacial score (nSPS) is 10.7. The average molecular weight is 368 g/mol. The number of carbonyl (C=O) groups excluding carboxylic acids is 1. The number of rotatable bonds is 7. The first-order chi connectivity index (χ1) is 12.9. The summed E-state index contributed by atoms with van der Waals surface area (Å²) >= 11 is 0. The molecule has 1 aromatic carbocycles. The van der Waals surface area contributed by atoms with Gasteiger partial charge in [0.1, 0.15) is 17.1 Å². The first kappa shape index (κ1) is 18.4. The smallest absolute Gasteiger partial charge is 0.339 e. The fourth-order valence-electron chi connectivity index (χ4n) is 2.61. The van der Waals surface area contributed by atoms with Crippen LogP contribution in [0, 0.1) is 13.8 Å². The van der Waals surface area contributed by atoms with Crippen LogP contribution in [0.2, 0.25) is 0 Å². The number of benzene rings is 1. The number of hydrogen-bond acceptors (Lipinski definition) is 5. The van der Waals surface area contributed by atoms with E-state index in [0.717, 1.165) is 11.1 Å². The van der Waals surface area contributed by atoms with Crippen molar-refractivity contribution in [3.63, 3.8) is 0 Å². The van der Waals surface area contributed by atoms with Crippen LogP contribution in [0.15, 0.2) is 45.4 Å². The Morgan fingerprint density at radius 1 is 1.15 bits per heavy atom. The number of carbonyl (C=O) groups is 2. The Morgan fingerprint density at radius 3 is 2.56 bits per heavy atom. The van der Waals surface area contributed by atoms with E-state index in [-0.39, 0.29) is 24.4 Å². The predicted octanol–water partition coefficient (Wildman–Crippen LogP) is 3.50. The first-order valence-electron chi connectivity index (χ1n) is 8.53. The lowest BCUT2D eigenvalue weighted by atomic mass is 10.1. The van der Waals surface area contributed by atoms with Gasteiger partial charge in [0, 0.05) is 18.4 Å². The maximum atomic E-state index is 12.0. The van der Waals surface area contributed by atoms with Crippen molar-refractivity contribution in [3.8, 4) is 11.3 Å². The van der Waals surface area contributed by atoms with Gasteiger partial charge in [-0.3, -0.25) is 4.79 Å². The molecule has 27 heavy (non-hydrogen) atoms. The number of hydrogen-bond donors (Lipinski definition) is 2. The lowest BCUT2D eigenvalue weighted by Gasteiger charge is -2.02. The summed E-state index contributed by atoms with van der Waals surface area (Å²) in [7, 11) is 0. The van der Waals surface area contributed by atoms with E-state index in [4.69, 9.17) is 13.9 Å². The quantitative estimate of drug-likeness (QED) is 0.661. The Hall–Kier alpha value is -3.35. The molecule has 3 aromatic rings. The lowest BCUT2D eigenvalue weighted by molar-refractivity contribution is -0.121. The van der Waals surface area contributed by atoms with Gasteiger partial charge in [-0.25, -0.2) is 9.78 Å². The summed E-state index contributed by atoms with van der Waals surface area (Å²) in [5.41, 5.74) is 2.20. The Morgan fingerprint density at radius 2 is 1.89 bits per heavy atom. The fraction of sp³-hybridized carbons (Fsp3) is 0.250. The highest BCUT2D eigenvalue weighted by molar-refractivity contribution is 5.88. The Kier molecular flexibility index (Phi) is 5.40. The molecule has 2 aromatic heterocycles. The number of aryl methyl sites for hydroxylation is 3. The Labute approximate surface area is 156 Å². The van der Waals surface area contributed by atoms with Crippen molar-refractivity contribution in [2.24, 2.45) is 0 Å². The molecule has 2 heterocycles. The molecule has 1 amide bonds. The van der Waals surface area contributed by atoms with Crippen LogP contribution >= 0.6 is 0 Å². The molecule has 0 bridgehead atoms. The lowest BCUT2D eigenvalue weighted by Crippen LogP contribution is -2.22. The van der Waals surface area contributed by atoms with E-state index < -0.39 is 5.97 Å². The molecule has 0 aliphatic rings. The third-order valence-corrected chi connectivity index (χ3v) is 4.11. The number of aromatic nitrogens is 1. The van der Waals surface area contributed by atoms with Crippen LogP contribution in [0.3, 0.4) is 0 Å². The van der Waals surface area contributed by atoms with E-state index in [9.17, 15) is 9.59 Å². The standard InChI is InChI=1S/C20H20N2O5/c1-12-3-5-14(6-4-12)17-11-22-19(27-17)8-7-18(23)21-10-15-9-16(20(24)25)13(2)26-15/h3-6,9,11H,7-8,10H2,1-2H3,(H,21,23)(H,24,25). The molecular formula is C20H20N2O5. The van der Waals surface area contributed by atoms with Crippen molar-refractivity contribution < 1.29 is 23.5 Å². The minimum atomic E-state index is -1.05. The second-order valence-corrected chi connectivity index (χ2v) is 6.25. The summed E-state index contributed by atoms with van der Waals surface area (Å²) in [4.78, 5) is 27.2. The van der Waals surface area contributed by atoms with E-state index >= 15 is 0 Å². The van der Waals surface area contributed by atoms with Gasteiger partial charge in [-0.1, -0.05) is 29.8 Å². The minimum absolute atomic E-state index is 0.0997. The van der Waals surface area contributed by atoms with Crippen LogP contribution in [-0.2, 0) is 17.8 Å². The zero-order valence-electron chi connectivity index (χ0n) is 15.1. The van der Waals surface area contributed by atoms with Gasteiger partial charge in [0.25, 0.3) is 0 Å². The maximum absolute atomic E-state index is 12.0. The molecule has 2 N–H and O–H groups in total. The number of oxazole rings is 1. The molecule has 0 saturated carbocycles. The fourth-order valence-corrected chi connectivity index (χ4v) is 2.61. The molecule has 0 spiro atoms. The van der Waals surface area contributed by atoms with Gasteiger partial charge in [-0.15, -0.1) is 0 Å². The zero-order valence-corrected chi connectivity index (χ0v) is 15.1. The van der Waals surface area contributed by atoms with Crippen LogP contribution in [0.1, 0.15) is 39.8 Å². The van der Waals surface area contributed by atoms with E-state index in [1.165, 1.54) is 6.07 Å². The maximum Gasteiger partial charge on any atom is 0.339 e. The molecule has 0 aliphatic carbocycles. The number of furan rings is 1. The molecule has 0 radical (unpaired) electrons. The van der Waals surface area contributed by atoms with Crippen LogP contribution in [0.5, 0.6) is 0 Å². The van der Waals surface area contributed by atoms with E-state index in [1.807, 2.05) is 31.2 Å². The molecular weight excluding hydrogens is 348 g/mol. The third-order valence-electron chi connectivity index (χ3n) is 4.11. The largest absolute Gasteiger partial charge is 0.478 e. The molecule has 140 valence electrons. The average Bonchev–Trinajstić information content (AvgIpc) is 3.25. The van der Waals surface area contributed by atoms with Gasteiger partial charge < -0.3 is 19.3 Å². The summed E-state index contributed by atoms with van der Waals surface area (Å²) < 4.78 is 11.0. The van der Waals surface area contributed by atoms with Crippen LogP contribution < -0.4 is 5.32 Å². The number of aromatic carboxylic acids is 1. The molecule has 0 fully saturated rings. The van der Waals surface area contributed by atoms with Crippen molar-refractivity contribution in [2.75, 3.05) is 0 Å². The van der Waals surface area contributed by atoms with Gasteiger partial charge in [0.05, 0.1) is 12.7 Å². The van der Waals surface area contributed by atoms with Gasteiger partial charge in [0.15, 0.2) is 11.7 Å². The second-order valence-electron chi connectivity index (χ2n) is 6.25. The highest BCUT2D eigenvalue weighted by Crippen LogP contribution is 2.21. The number of amides is 1. The second kappa shape index (κ2) is 7.90. The summed E-state index contributed by atoms with van der Waals surface area (Å²) in [5.74, 6) is 0.615. The molecule has 0 atom stereocenters. The van der Waals surface area contributed by atoms with E-state index in [2.05, 4.69) is 10.3 Å². The topological polar surface area (TPSA) is 106 Å². The molecule has 0 aliphatic heterocycles. The Bertz CT molecular complexity index is 953. The van der Waals surface area contributed by atoms with Gasteiger partial charge in [-0.2, -0.15) is 0 Å². The summed E-state index contributed by atoms with van der Waals surface area (Å²) in [5, 5.41) is 11.7. The van der Waals surface area contributed by atoms with Crippen molar-refractivity contribution in [3.05, 3.63) is 65.1 Å². The van der Waals surface area contributed by atoms with E-state index in [1.54, 1.807) is 13.1 Å². The van der Waals surface area contributed by atoms with Crippen molar-refractivity contribution in [2.45, 2.75) is 33.2 Å². The molecule has 7 nitrogen and oxygen atoms in total. The van der Waals surface area contributed by atoms with Crippen LogP contribution in [0.4, 0.5) is 0 Å². The molecule has 3 rings (SSSR count). The zero-order chi connectivity index (χ0) is 19.4. The predicted molar refractivity (Wildman–Crippen MR) is 97.2 cm³/mol. The number of nitrogens with zero attached hydrogens (tertiary/aromatic N) is 1. The third kappa shape index (κ3) is 4.63. The molecule has 7 heteroatoms. The van der Waals surface area contributed by atoms with Gasteiger partial charge in [-0.05, 0) is 19.9 Å². The van der Waals surface area contributed by atoms with Crippen LogP contribution in [-0.4, -0.2) is 22.0 Å². The number of carboxylic acids is 1. The minimum Gasteiger partial charge on any atom is -0.478 e. The summed E-state index contributed by atoms with van der Waals surface area (Å²) in [6.45, 7) is 3.72. The molecule has 0 saturated heterocycles. The summed E-state index contributed by atoms with van der Waals surface area (Å²) in [6.07, 6.45) is 2.23. The van der Waals surface area contributed by atoms with Crippen molar-refractivity contribution in [1.29, 1.82) is 0 Å². The van der Waals surface area contributed by atoms with Gasteiger partial charge >= 0.3 is 5.97 Å². The highest BCUT2D eigenvalue weighted by atomic mass is 16.4. The summed E-state index contributed by atoms with van der Waals surface area (Å²) in [6, 6.07) is 9.33. The first-order valence-corrected chi connectivity index (χ1v) is 8.53. The SMILES string of the molecule is Cc1ccc(-c2cnc(CCC(=O)NCc3cc(C(=O)O)c(C)o3)o2)cc1. The monoisotopic (exact) mass is 368 g/mol. The Balaban J connectivity index is 1.50. The number of carboxylic acid groups (broad SMARTS) is 1. The van der Waals surface area contributed by atoms with Crippen LogP contribution in [0.25, 0.3) is 11.3 Å². The van der Waals surface area contributed by atoms with Crippen molar-refractivity contribution in [1.82, 2.24) is 10.3 Å². The number of nitrogens with one attached hydrogen (secondary N) is 1. The molecule has 0 unspecified atom stereocenters.